The summed E-state index contributed by atoms with van der Waals surface area (Å²) in [6.45, 7) is 1.79. The van der Waals surface area contributed by atoms with Gasteiger partial charge in [-0.2, -0.15) is 0 Å². The monoisotopic (exact) mass is 316 g/mol. The number of rotatable bonds is 4. The predicted octanol–water partition coefficient (Wildman–Crippen LogP) is 2.62. The van der Waals surface area contributed by atoms with Crippen LogP contribution in [0, 0.1) is 0 Å². The van der Waals surface area contributed by atoms with Crippen molar-refractivity contribution in [2.24, 2.45) is 7.05 Å². The van der Waals surface area contributed by atoms with Crippen LogP contribution in [-0.4, -0.2) is 38.1 Å². The van der Waals surface area contributed by atoms with E-state index in [0.717, 1.165) is 22.3 Å². The number of methoxy groups -OCH3 is 1. The first kappa shape index (κ1) is 14.6. The van der Waals surface area contributed by atoms with Gasteiger partial charge in [0.05, 0.1) is 7.11 Å². The van der Waals surface area contributed by atoms with Gasteiger partial charge in [0.15, 0.2) is 11.0 Å². The molecule has 114 valence electrons. The van der Waals surface area contributed by atoms with Crippen LogP contribution in [0.5, 0.6) is 0 Å². The van der Waals surface area contributed by atoms with Crippen molar-refractivity contribution in [2.75, 3.05) is 7.11 Å². The van der Waals surface area contributed by atoms with E-state index in [1.54, 1.807) is 6.92 Å². The Labute approximate surface area is 131 Å². The summed E-state index contributed by atoms with van der Waals surface area (Å²) in [5.74, 6) is 0.485. The molecule has 2 aromatic heterocycles. The summed E-state index contributed by atoms with van der Waals surface area (Å²) in [4.78, 5) is 14.8. The lowest BCUT2D eigenvalue weighted by Crippen LogP contribution is -2.15. The normalized spacial score (nSPS) is 12.5. The lowest BCUT2D eigenvalue weighted by Gasteiger charge is -2.08. The number of esters is 1. The first-order chi connectivity index (χ1) is 10.6. The molecule has 0 saturated carbocycles. The molecule has 0 aliphatic carbocycles. The number of fused-ring (bicyclic) bond motifs is 1. The number of hydrogen-bond acceptors (Lipinski definition) is 5. The summed E-state index contributed by atoms with van der Waals surface area (Å²) in [5.41, 5.74) is 2.04. The quantitative estimate of drug-likeness (QED) is 0.592. The van der Waals surface area contributed by atoms with Gasteiger partial charge in [0.1, 0.15) is 5.25 Å². The number of hydrogen-bond donors (Lipinski definition) is 1. The number of carbonyl (C=O) groups is 1. The number of carbonyl (C=O) groups excluding carboxylic acids is 1. The molecule has 22 heavy (non-hydrogen) atoms. The molecule has 6 nitrogen and oxygen atoms in total. The molecule has 3 rings (SSSR count). The highest BCUT2D eigenvalue weighted by Gasteiger charge is 2.20. The zero-order chi connectivity index (χ0) is 15.7. The molecular weight excluding hydrogens is 300 g/mol. The number of nitrogens with zero attached hydrogens (tertiary/aromatic N) is 3. The Morgan fingerprint density at radius 2 is 2.14 bits per heavy atom. The van der Waals surface area contributed by atoms with Gasteiger partial charge < -0.3 is 14.3 Å². The second kappa shape index (κ2) is 5.84. The summed E-state index contributed by atoms with van der Waals surface area (Å²) in [5, 5.41) is 9.90. The van der Waals surface area contributed by atoms with Gasteiger partial charge >= 0.3 is 5.97 Å². The highest BCUT2D eigenvalue weighted by atomic mass is 32.2. The molecule has 1 N–H and O–H groups in total. The van der Waals surface area contributed by atoms with Crippen molar-refractivity contribution in [3.05, 3.63) is 30.5 Å². The van der Waals surface area contributed by atoms with Crippen LogP contribution in [0.2, 0.25) is 0 Å². The third-order valence-electron chi connectivity index (χ3n) is 3.48. The standard InChI is InChI=1S/C15H16N4O2S/c1-9(14(20)21-3)22-15-18-17-13(19(15)2)11-8-16-12-7-5-4-6-10(11)12/h4-9,16H,1-3H3/t9-/m1/s1. The molecule has 0 aliphatic rings. The molecule has 2 heterocycles. The zero-order valence-electron chi connectivity index (χ0n) is 12.5. The zero-order valence-corrected chi connectivity index (χ0v) is 13.3. The third kappa shape index (κ3) is 2.48. The third-order valence-corrected chi connectivity index (χ3v) is 4.59. The summed E-state index contributed by atoms with van der Waals surface area (Å²) >= 11 is 1.33. The number of aromatic amines is 1. The van der Waals surface area contributed by atoms with E-state index in [1.165, 1.54) is 18.9 Å². The molecule has 0 aliphatic heterocycles. The SMILES string of the molecule is COC(=O)[C@@H](C)Sc1nnc(-c2c[nH]c3ccccc23)n1C. The first-order valence-electron chi connectivity index (χ1n) is 6.82. The highest BCUT2D eigenvalue weighted by molar-refractivity contribution is 8.00. The Morgan fingerprint density at radius 1 is 1.36 bits per heavy atom. The first-order valence-corrected chi connectivity index (χ1v) is 7.70. The van der Waals surface area contributed by atoms with Crippen LogP contribution in [0.15, 0.2) is 35.6 Å². The number of aromatic nitrogens is 4. The van der Waals surface area contributed by atoms with E-state index in [2.05, 4.69) is 15.2 Å². The van der Waals surface area contributed by atoms with E-state index in [4.69, 9.17) is 4.74 Å². The van der Waals surface area contributed by atoms with Crippen molar-refractivity contribution >= 4 is 28.6 Å². The van der Waals surface area contributed by atoms with Gasteiger partial charge in [-0.3, -0.25) is 4.79 Å². The summed E-state index contributed by atoms with van der Waals surface area (Å²) in [6.07, 6.45) is 1.92. The molecule has 1 aromatic carbocycles. The minimum atomic E-state index is -0.330. The molecular formula is C15H16N4O2S. The number of nitrogens with one attached hydrogen (secondary N) is 1. The largest absolute Gasteiger partial charge is 0.468 e. The lowest BCUT2D eigenvalue weighted by atomic mass is 10.1. The minimum absolute atomic E-state index is 0.276. The van der Waals surface area contributed by atoms with Gasteiger partial charge in [-0.15, -0.1) is 10.2 Å². The predicted molar refractivity (Wildman–Crippen MR) is 85.6 cm³/mol. The lowest BCUT2D eigenvalue weighted by molar-refractivity contribution is -0.139. The van der Waals surface area contributed by atoms with Crippen LogP contribution < -0.4 is 0 Å². The Kier molecular flexibility index (Phi) is 3.89. The van der Waals surface area contributed by atoms with Gasteiger partial charge in [-0.25, -0.2) is 0 Å². The van der Waals surface area contributed by atoms with E-state index in [1.807, 2.05) is 42.1 Å². The smallest absolute Gasteiger partial charge is 0.318 e. The number of ether oxygens (including phenoxy) is 1. The van der Waals surface area contributed by atoms with Gasteiger partial charge in [-0.05, 0) is 13.0 Å². The van der Waals surface area contributed by atoms with E-state index in [0.29, 0.717) is 5.16 Å². The van der Waals surface area contributed by atoms with Crippen LogP contribution in [0.1, 0.15) is 6.92 Å². The van der Waals surface area contributed by atoms with E-state index >= 15 is 0 Å². The van der Waals surface area contributed by atoms with Crippen molar-refractivity contribution in [1.29, 1.82) is 0 Å². The molecule has 0 bridgehead atoms. The number of H-pyrrole nitrogens is 1. The van der Waals surface area contributed by atoms with E-state index in [9.17, 15) is 4.79 Å². The van der Waals surface area contributed by atoms with Crippen molar-refractivity contribution < 1.29 is 9.53 Å². The Morgan fingerprint density at radius 3 is 2.91 bits per heavy atom. The molecule has 0 fully saturated rings. The fourth-order valence-electron chi connectivity index (χ4n) is 2.28. The molecule has 0 saturated heterocycles. The van der Waals surface area contributed by atoms with Crippen LogP contribution in [0.4, 0.5) is 0 Å². The maximum Gasteiger partial charge on any atom is 0.318 e. The van der Waals surface area contributed by atoms with E-state index in [-0.39, 0.29) is 11.2 Å². The average molecular weight is 316 g/mol. The summed E-state index contributed by atoms with van der Waals surface area (Å²) in [7, 11) is 3.27. The molecule has 0 unspecified atom stereocenters. The van der Waals surface area contributed by atoms with Gasteiger partial charge in [0.2, 0.25) is 0 Å². The van der Waals surface area contributed by atoms with Crippen LogP contribution in [0.25, 0.3) is 22.3 Å². The maximum atomic E-state index is 11.5. The molecule has 1 atom stereocenters. The van der Waals surface area contributed by atoms with Crippen molar-refractivity contribution in [3.8, 4) is 11.4 Å². The topological polar surface area (TPSA) is 72.8 Å². The van der Waals surface area contributed by atoms with Crippen LogP contribution in [-0.2, 0) is 16.6 Å². The Hall–Kier alpha value is -2.28. The van der Waals surface area contributed by atoms with Crippen LogP contribution in [0.3, 0.4) is 0 Å². The van der Waals surface area contributed by atoms with Gasteiger partial charge in [0.25, 0.3) is 0 Å². The number of thioether (sulfide) groups is 1. The average Bonchev–Trinajstić information content (AvgIpc) is 3.11. The Balaban J connectivity index is 1.95. The highest BCUT2D eigenvalue weighted by Crippen LogP contribution is 2.30. The fourth-order valence-corrected chi connectivity index (χ4v) is 3.12. The second-order valence-electron chi connectivity index (χ2n) is 4.90. The molecule has 7 heteroatoms. The van der Waals surface area contributed by atoms with Crippen molar-refractivity contribution in [3.63, 3.8) is 0 Å². The van der Waals surface area contributed by atoms with Gasteiger partial charge in [-0.1, -0.05) is 30.0 Å². The van der Waals surface area contributed by atoms with Crippen molar-refractivity contribution in [2.45, 2.75) is 17.3 Å². The molecule has 0 radical (unpaired) electrons. The van der Waals surface area contributed by atoms with Crippen molar-refractivity contribution in [1.82, 2.24) is 19.7 Å². The maximum absolute atomic E-state index is 11.5. The Bertz CT molecular complexity index is 824. The fraction of sp³-hybridized carbons (Fsp3) is 0.267. The molecule has 3 aromatic rings. The molecule has 0 spiro atoms. The summed E-state index contributed by atoms with van der Waals surface area (Å²) in [6, 6.07) is 8.04. The molecule has 0 amide bonds. The number of benzene rings is 1. The second-order valence-corrected chi connectivity index (χ2v) is 6.20. The van der Waals surface area contributed by atoms with E-state index < -0.39 is 0 Å². The van der Waals surface area contributed by atoms with Crippen LogP contribution >= 0.6 is 11.8 Å². The summed E-state index contributed by atoms with van der Waals surface area (Å²) < 4.78 is 6.63. The van der Waals surface area contributed by atoms with Gasteiger partial charge in [0, 0.05) is 29.7 Å². The number of para-hydroxylation sites is 1. The minimum Gasteiger partial charge on any atom is -0.468 e.